The lowest BCUT2D eigenvalue weighted by molar-refractivity contribution is 0.0783. The third kappa shape index (κ3) is 1.96. The Kier molecular flexibility index (Phi) is 2.40. The van der Waals surface area contributed by atoms with Crippen molar-refractivity contribution in [2.45, 2.75) is 19.4 Å². The van der Waals surface area contributed by atoms with Crippen LogP contribution in [0.3, 0.4) is 0 Å². The molecular formula is C9H10ClFO. The second kappa shape index (κ2) is 3.04. The van der Waals surface area contributed by atoms with Gasteiger partial charge in [-0.2, -0.15) is 0 Å². The van der Waals surface area contributed by atoms with Gasteiger partial charge in [-0.15, -0.1) is 0 Å². The quantitative estimate of drug-likeness (QED) is 0.719. The highest BCUT2D eigenvalue weighted by molar-refractivity contribution is 6.31. The van der Waals surface area contributed by atoms with Crippen LogP contribution in [0.4, 0.5) is 4.39 Å². The Hall–Kier alpha value is -0.600. The van der Waals surface area contributed by atoms with Crippen molar-refractivity contribution in [3.05, 3.63) is 34.6 Å². The second-order valence-corrected chi connectivity index (χ2v) is 3.59. The van der Waals surface area contributed by atoms with Gasteiger partial charge in [0.15, 0.2) is 0 Å². The van der Waals surface area contributed by atoms with Crippen LogP contribution in [-0.2, 0) is 5.60 Å². The van der Waals surface area contributed by atoms with Gasteiger partial charge in [0.1, 0.15) is 5.82 Å². The van der Waals surface area contributed by atoms with Gasteiger partial charge in [0.25, 0.3) is 0 Å². The zero-order chi connectivity index (χ0) is 9.35. The van der Waals surface area contributed by atoms with Crippen molar-refractivity contribution in [2.24, 2.45) is 0 Å². The lowest BCUT2D eigenvalue weighted by Gasteiger charge is -2.18. The van der Waals surface area contributed by atoms with Gasteiger partial charge in [-0.25, -0.2) is 4.39 Å². The van der Waals surface area contributed by atoms with Crippen LogP contribution < -0.4 is 0 Å². The monoisotopic (exact) mass is 188 g/mol. The van der Waals surface area contributed by atoms with Crippen molar-refractivity contribution in [2.75, 3.05) is 0 Å². The molecule has 0 heterocycles. The number of rotatable bonds is 1. The number of hydrogen-bond donors (Lipinski definition) is 1. The molecule has 1 rings (SSSR count). The minimum Gasteiger partial charge on any atom is -0.386 e. The fourth-order valence-electron chi connectivity index (χ4n) is 0.966. The van der Waals surface area contributed by atoms with Crippen molar-refractivity contribution < 1.29 is 9.50 Å². The van der Waals surface area contributed by atoms with Gasteiger partial charge in [0.2, 0.25) is 0 Å². The van der Waals surface area contributed by atoms with Gasteiger partial charge >= 0.3 is 0 Å². The van der Waals surface area contributed by atoms with Crippen LogP contribution in [0, 0.1) is 5.82 Å². The lowest BCUT2D eigenvalue weighted by Crippen LogP contribution is -2.16. The predicted molar refractivity (Wildman–Crippen MR) is 46.7 cm³/mol. The SMILES string of the molecule is CC(C)(O)c1cc(F)ccc1Cl. The largest absolute Gasteiger partial charge is 0.386 e. The molecule has 0 spiro atoms. The van der Waals surface area contributed by atoms with Crippen LogP contribution in [-0.4, -0.2) is 5.11 Å². The molecular weight excluding hydrogens is 179 g/mol. The zero-order valence-corrected chi connectivity index (χ0v) is 7.69. The van der Waals surface area contributed by atoms with E-state index in [9.17, 15) is 9.50 Å². The van der Waals surface area contributed by atoms with Gasteiger partial charge in [-0.1, -0.05) is 11.6 Å². The van der Waals surface area contributed by atoms with Crippen LogP contribution in [0.1, 0.15) is 19.4 Å². The van der Waals surface area contributed by atoms with E-state index < -0.39 is 11.4 Å². The maximum Gasteiger partial charge on any atom is 0.123 e. The molecule has 0 unspecified atom stereocenters. The first-order chi connectivity index (χ1) is 5.41. The van der Waals surface area contributed by atoms with Gasteiger partial charge in [-0.3, -0.25) is 0 Å². The van der Waals surface area contributed by atoms with Crippen LogP contribution in [0.5, 0.6) is 0 Å². The van der Waals surface area contributed by atoms with Crippen molar-refractivity contribution >= 4 is 11.6 Å². The average molecular weight is 189 g/mol. The number of halogens is 2. The molecule has 3 heteroatoms. The zero-order valence-electron chi connectivity index (χ0n) is 6.94. The van der Waals surface area contributed by atoms with Crippen LogP contribution in [0.2, 0.25) is 5.02 Å². The summed E-state index contributed by atoms with van der Waals surface area (Å²) in [4.78, 5) is 0. The molecule has 66 valence electrons. The summed E-state index contributed by atoms with van der Waals surface area (Å²) in [6.45, 7) is 3.13. The van der Waals surface area contributed by atoms with Crippen LogP contribution >= 0.6 is 11.6 Å². The summed E-state index contributed by atoms with van der Waals surface area (Å²) in [5.41, 5.74) is -0.691. The summed E-state index contributed by atoms with van der Waals surface area (Å²) < 4.78 is 12.7. The number of benzene rings is 1. The third-order valence-corrected chi connectivity index (χ3v) is 1.92. The van der Waals surface area contributed by atoms with Crippen molar-refractivity contribution in [1.82, 2.24) is 0 Å². The van der Waals surface area contributed by atoms with E-state index in [1.165, 1.54) is 18.2 Å². The summed E-state index contributed by atoms with van der Waals surface area (Å²) in [6, 6.07) is 3.93. The molecule has 0 aliphatic carbocycles. The second-order valence-electron chi connectivity index (χ2n) is 3.18. The molecule has 0 amide bonds. The van der Waals surface area contributed by atoms with E-state index in [0.29, 0.717) is 10.6 Å². The molecule has 1 aromatic rings. The standard InChI is InChI=1S/C9H10ClFO/c1-9(2,12)7-5-6(11)3-4-8(7)10/h3-5,12H,1-2H3. The summed E-state index contributed by atoms with van der Waals surface area (Å²) >= 11 is 5.75. The first kappa shape index (κ1) is 9.49. The molecule has 0 bridgehead atoms. The van der Waals surface area contributed by atoms with E-state index >= 15 is 0 Å². The number of hydrogen-bond acceptors (Lipinski definition) is 1. The van der Waals surface area contributed by atoms with Crippen LogP contribution in [0.25, 0.3) is 0 Å². The highest BCUT2D eigenvalue weighted by Crippen LogP contribution is 2.27. The van der Waals surface area contributed by atoms with Gasteiger partial charge in [0, 0.05) is 10.6 Å². The smallest absolute Gasteiger partial charge is 0.123 e. The maximum absolute atomic E-state index is 12.7. The van der Waals surface area contributed by atoms with E-state index in [1.54, 1.807) is 13.8 Å². The van der Waals surface area contributed by atoms with Crippen molar-refractivity contribution in [1.29, 1.82) is 0 Å². The number of aliphatic hydroxyl groups is 1. The van der Waals surface area contributed by atoms with Gasteiger partial charge < -0.3 is 5.11 Å². The molecule has 0 saturated heterocycles. The summed E-state index contributed by atoms with van der Waals surface area (Å²) in [7, 11) is 0. The Bertz CT molecular complexity index is 291. The molecule has 0 aliphatic heterocycles. The third-order valence-electron chi connectivity index (χ3n) is 1.59. The molecule has 0 aromatic heterocycles. The molecule has 0 saturated carbocycles. The van der Waals surface area contributed by atoms with E-state index in [1.807, 2.05) is 0 Å². The molecule has 0 fully saturated rings. The average Bonchev–Trinajstić information content (AvgIpc) is 1.92. The van der Waals surface area contributed by atoms with E-state index in [-0.39, 0.29) is 0 Å². The fraction of sp³-hybridized carbons (Fsp3) is 0.333. The van der Waals surface area contributed by atoms with Gasteiger partial charge in [-0.05, 0) is 32.0 Å². The van der Waals surface area contributed by atoms with Crippen molar-refractivity contribution in [3.63, 3.8) is 0 Å². The first-order valence-corrected chi connectivity index (χ1v) is 3.97. The van der Waals surface area contributed by atoms with E-state index in [2.05, 4.69) is 0 Å². The van der Waals surface area contributed by atoms with Gasteiger partial charge in [0.05, 0.1) is 5.60 Å². The summed E-state index contributed by atoms with van der Waals surface area (Å²) in [6.07, 6.45) is 0. The minimum absolute atomic E-state index is 0.379. The highest BCUT2D eigenvalue weighted by Gasteiger charge is 2.19. The Morgan fingerprint density at radius 1 is 1.42 bits per heavy atom. The molecule has 0 radical (unpaired) electrons. The Balaban J connectivity index is 3.23. The molecule has 1 aromatic carbocycles. The lowest BCUT2D eigenvalue weighted by atomic mass is 9.98. The normalized spacial score (nSPS) is 11.8. The fourth-order valence-corrected chi connectivity index (χ4v) is 1.32. The topological polar surface area (TPSA) is 20.2 Å². The highest BCUT2D eigenvalue weighted by atomic mass is 35.5. The summed E-state index contributed by atoms with van der Waals surface area (Å²) in [5, 5.41) is 9.92. The summed E-state index contributed by atoms with van der Waals surface area (Å²) in [5.74, 6) is -0.392. The molecule has 1 N–H and O–H groups in total. The Morgan fingerprint density at radius 3 is 2.42 bits per heavy atom. The van der Waals surface area contributed by atoms with Crippen molar-refractivity contribution in [3.8, 4) is 0 Å². The maximum atomic E-state index is 12.7. The Labute approximate surface area is 75.8 Å². The first-order valence-electron chi connectivity index (χ1n) is 3.59. The van der Waals surface area contributed by atoms with Crippen LogP contribution in [0.15, 0.2) is 18.2 Å². The van der Waals surface area contributed by atoms with E-state index in [4.69, 9.17) is 11.6 Å². The molecule has 1 nitrogen and oxygen atoms in total. The minimum atomic E-state index is -1.10. The predicted octanol–water partition coefficient (Wildman–Crippen LogP) is 2.71. The Morgan fingerprint density at radius 2 is 2.00 bits per heavy atom. The van der Waals surface area contributed by atoms with E-state index in [0.717, 1.165) is 0 Å². The molecule has 0 aliphatic rings. The molecule has 0 atom stereocenters. The molecule has 12 heavy (non-hydrogen) atoms.